The Kier molecular flexibility index (Phi) is 7.60. The minimum absolute atomic E-state index is 0.349. The van der Waals surface area contributed by atoms with E-state index in [0.29, 0.717) is 52.4 Å². The Balaban J connectivity index is 1.94. The number of benzene rings is 1. The number of hydrogen-bond acceptors (Lipinski definition) is 6. The van der Waals surface area contributed by atoms with E-state index in [0.717, 1.165) is 13.1 Å². The molecule has 1 fully saturated rings. The van der Waals surface area contributed by atoms with Gasteiger partial charge in [0.1, 0.15) is 12.8 Å². The van der Waals surface area contributed by atoms with Crippen LogP contribution >= 0.6 is 23.2 Å². The Morgan fingerprint density at radius 3 is 2.50 bits per heavy atom. The fourth-order valence-electron chi connectivity index (χ4n) is 3.21. The molecule has 0 bridgehead atoms. The smallest absolute Gasteiger partial charge is 0.403 e. The molecule has 1 aliphatic heterocycles. The summed E-state index contributed by atoms with van der Waals surface area (Å²) >= 11 is 12.4. The third kappa shape index (κ3) is 5.07. The van der Waals surface area contributed by atoms with Gasteiger partial charge in [-0.05, 0) is 19.2 Å². The molecular formula is C20H25Cl2N4O4+. The molecule has 0 atom stereocenters. The first-order valence-electron chi connectivity index (χ1n) is 9.45. The van der Waals surface area contributed by atoms with Crippen molar-refractivity contribution in [3.63, 3.8) is 0 Å². The molecule has 1 aromatic rings. The van der Waals surface area contributed by atoms with Gasteiger partial charge in [-0.15, -0.1) is 0 Å². The highest BCUT2D eigenvalue weighted by Gasteiger charge is 2.32. The fourth-order valence-corrected chi connectivity index (χ4v) is 3.53. The normalized spacial score (nSPS) is 18.7. The van der Waals surface area contributed by atoms with Crippen molar-refractivity contribution < 1.29 is 23.9 Å². The summed E-state index contributed by atoms with van der Waals surface area (Å²) in [6.07, 6.45) is 5.62. The topological polar surface area (TPSA) is 66.3 Å². The lowest BCUT2D eigenvalue weighted by Gasteiger charge is -2.31. The van der Waals surface area contributed by atoms with Crippen molar-refractivity contribution in [2.24, 2.45) is 0 Å². The van der Waals surface area contributed by atoms with Crippen molar-refractivity contribution in [3.05, 3.63) is 46.2 Å². The zero-order chi connectivity index (χ0) is 21.7. The molecule has 1 saturated heterocycles. The maximum Gasteiger partial charge on any atom is 0.415 e. The lowest BCUT2D eigenvalue weighted by molar-refractivity contribution is -0.720. The van der Waals surface area contributed by atoms with Crippen molar-refractivity contribution in [2.75, 3.05) is 52.9 Å². The van der Waals surface area contributed by atoms with Crippen LogP contribution in [-0.4, -0.2) is 73.8 Å². The van der Waals surface area contributed by atoms with Crippen LogP contribution in [0, 0.1) is 0 Å². The number of carbonyl (C=O) groups excluding carboxylic acids is 1. The van der Waals surface area contributed by atoms with Crippen LogP contribution in [0.3, 0.4) is 0 Å². The maximum absolute atomic E-state index is 12.7. The van der Waals surface area contributed by atoms with Gasteiger partial charge in [0.15, 0.2) is 0 Å². The number of nitrogens with zero attached hydrogens (tertiary/aromatic N) is 3. The molecule has 0 aromatic heterocycles. The summed E-state index contributed by atoms with van der Waals surface area (Å²) in [6.45, 7) is 2.86. The standard InChI is InChI=1S/C20H25Cl2N4O4/c1-24-8-10-25(11-9-24)20(27)30-19-7-5-4-6-17(19)26(29-3)18-13-15(22)14(21)12-16(18)23-28-2/h4-5,7,12-13,23H,6,8-11H2,1-3H3/q+1/b26-17-. The molecule has 1 N–H and O–H groups in total. The van der Waals surface area contributed by atoms with Gasteiger partial charge in [-0.1, -0.05) is 35.4 Å². The second-order valence-corrected chi connectivity index (χ2v) is 7.65. The van der Waals surface area contributed by atoms with Crippen molar-refractivity contribution in [2.45, 2.75) is 6.42 Å². The van der Waals surface area contributed by atoms with Crippen LogP contribution in [0.1, 0.15) is 6.42 Å². The highest BCUT2D eigenvalue weighted by atomic mass is 35.5. The van der Waals surface area contributed by atoms with Crippen LogP contribution in [0.15, 0.2) is 36.1 Å². The van der Waals surface area contributed by atoms with E-state index in [2.05, 4.69) is 10.4 Å². The zero-order valence-electron chi connectivity index (χ0n) is 17.2. The lowest BCUT2D eigenvalue weighted by atomic mass is 10.1. The van der Waals surface area contributed by atoms with Crippen LogP contribution in [0.5, 0.6) is 0 Å². The second-order valence-electron chi connectivity index (χ2n) is 6.83. The summed E-state index contributed by atoms with van der Waals surface area (Å²) < 4.78 is 7.28. The third-order valence-corrected chi connectivity index (χ3v) is 5.56. The molecule has 0 unspecified atom stereocenters. The Labute approximate surface area is 185 Å². The first kappa shape index (κ1) is 22.4. The molecule has 1 heterocycles. The van der Waals surface area contributed by atoms with Crippen LogP contribution in [-0.2, 0) is 14.4 Å². The summed E-state index contributed by atoms with van der Waals surface area (Å²) in [5, 5.41) is 0.712. The average Bonchev–Trinajstić information content (AvgIpc) is 2.73. The zero-order valence-corrected chi connectivity index (χ0v) is 18.7. The minimum Gasteiger partial charge on any atom is -0.403 e. The highest BCUT2D eigenvalue weighted by Crippen LogP contribution is 2.35. The van der Waals surface area contributed by atoms with Gasteiger partial charge in [0.05, 0.1) is 23.6 Å². The fraction of sp³-hybridized carbons (Fsp3) is 0.400. The van der Waals surface area contributed by atoms with E-state index < -0.39 is 0 Å². The minimum atomic E-state index is -0.386. The number of anilines is 1. The number of piperazine rings is 1. The van der Waals surface area contributed by atoms with E-state index in [1.807, 2.05) is 19.2 Å². The largest absolute Gasteiger partial charge is 0.415 e. The van der Waals surface area contributed by atoms with Crippen molar-refractivity contribution in [1.29, 1.82) is 0 Å². The highest BCUT2D eigenvalue weighted by molar-refractivity contribution is 6.42. The number of allylic oxidation sites excluding steroid dienone is 4. The van der Waals surface area contributed by atoms with Gasteiger partial charge in [-0.25, -0.2) is 4.79 Å². The molecule has 162 valence electrons. The maximum atomic E-state index is 12.7. The van der Waals surface area contributed by atoms with Crippen molar-refractivity contribution in [1.82, 2.24) is 9.80 Å². The summed E-state index contributed by atoms with van der Waals surface area (Å²) in [4.78, 5) is 27.3. The molecule has 30 heavy (non-hydrogen) atoms. The number of amides is 1. The van der Waals surface area contributed by atoms with E-state index in [4.69, 9.17) is 37.6 Å². The van der Waals surface area contributed by atoms with E-state index in [9.17, 15) is 4.79 Å². The predicted octanol–water partition coefficient (Wildman–Crippen LogP) is 3.84. The number of likely N-dealkylation sites (N-methyl/N-ethyl adjacent to an activating group) is 1. The summed E-state index contributed by atoms with van der Waals surface area (Å²) in [7, 11) is 5.04. The molecule has 1 aromatic carbocycles. The quantitative estimate of drug-likeness (QED) is 0.537. The number of carbonyl (C=O) groups is 1. The molecular weight excluding hydrogens is 431 g/mol. The molecule has 0 spiro atoms. The Hall–Kier alpha value is -2.26. The van der Waals surface area contributed by atoms with Gasteiger partial charge >= 0.3 is 6.09 Å². The van der Waals surface area contributed by atoms with E-state index in [-0.39, 0.29) is 6.09 Å². The van der Waals surface area contributed by atoms with Crippen molar-refractivity contribution in [3.8, 4) is 0 Å². The van der Waals surface area contributed by atoms with E-state index in [1.54, 1.807) is 23.1 Å². The molecule has 1 aliphatic carbocycles. The monoisotopic (exact) mass is 455 g/mol. The SMILES string of the molecule is CONc1cc(Cl)c(Cl)cc1/[N+](OC)=C1\CC=CC=C1OC(=O)N1CCN(C)CC1. The van der Waals surface area contributed by atoms with Gasteiger partial charge < -0.3 is 14.5 Å². The molecule has 2 aliphatic rings. The summed E-state index contributed by atoms with van der Waals surface area (Å²) in [6, 6.07) is 3.29. The van der Waals surface area contributed by atoms with Crippen molar-refractivity contribution >= 4 is 46.4 Å². The predicted molar refractivity (Wildman–Crippen MR) is 116 cm³/mol. The number of halogens is 2. The molecule has 0 radical (unpaired) electrons. The van der Waals surface area contributed by atoms with Gasteiger partial charge in [0, 0.05) is 37.0 Å². The van der Waals surface area contributed by atoms with Crippen LogP contribution in [0.2, 0.25) is 10.0 Å². The molecule has 8 nitrogen and oxygen atoms in total. The first-order chi connectivity index (χ1) is 14.4. The number of hydrogen-bond donors (Lipinski definition) is 1. The molecule has 3 rings (SSSR count). The average molecular weight is 456 g/mol. The summed E-state index contributed by atoms with van der Waals surface area (Å²) in [5.74, 6) is 0.401. The second kappa shape index (κ2) is 10.2. The van der Waals surface area contributed by atoms with Gasteiger partial charge in [0.25, 0.3) is 11.4 Å². The lowest BCUT2D eigenvalue weighted by Crippen LogP contribution is -2.47. The molecule has 10 heteroatoms. The molecule has 0 saturated carbocycles. The Bertz CT molecular complexity index is 893. The van der Waals surface area contributed by atoms with E-state index in [1.165, 1.54) is 19.0 Å². The van der Waals surface area contributed by atoms with Gasteiger partial charge in [-0.2, -0.15) is 0 Å². The van der Waals surface area contributed by atoms with Crippen LogP contribution in [0.25, 0.3) is 0 Å². The van der Waals surface area contributed by atoms with Gasteiger partial charge in [0.2, 0.25) is 5.76 Å². The summed E-state index contributed by atoms with van der Waals surface area (Å²) in [5.41, 5.74) is 4.51. The number of rotatable bonds is 5. The van der Waals surface area contributed by atoms with E-state index >= 15 is 0 Å². The Morgan fingerprint density at radius 1 is 1.13 bits per heavy atom. The Morgan fingerprint density at radius 2 is 1.83 bits per heavy atom. The first-order valence-corrected chi connectivity index (χ1v) is 10.2. The third-order valence-electron chi connectivity index (χ3n) is 4.84. The van der Waals surface area contributed by atoms with Gasteiger partial charge in [-0.3, -0.25) is 15.2 Å². The number of nitrogens with one attached hydrogen (secondary N) is 1. The number of ether oxygens (including phenoxy) is 1. The molecule has 1 amide bonds. The van der Waals surface area contributed by atoms with Crippen LogP contribution < -0.4 is 5.48 Å². The van der Waals surface area contributed by atoms with Crippen LogP contribution in [0.4, 0.5) is 16.2 Å².